The molecule has 17 heavy (non-hydrogen) atoms. The first-order valence-corrected chi connectivity index (χ1v) is 6.55. The molecule has 2 rings (SSSR count). The number of methoxy groups -OCH3 is 1. The molecule has 1 aromatic carbocycles. The molecule has 0 aromatic heterocycles. The second-order valence-electron chi connectivity index (χ2n) is 5.21. The van der Waals surface area contributed by atoms with E-state index in [-0.39, 0.29) is 0 Å². The molecular formula is C15H23NO. The van der Waals surface area contributed by atoms with Gasteiger partial charge in [-0.3, -0.25) is 0 Å². The maximum atomic E-state index is 5.15. The lowest BCUT2D eigenvalue weighted by molar-refractivity contribution is 0.185. The van der Waals surface area contributed by atoms with Crippen molar-refractivity contribution >= 4 is 0 Å². The first-order valence-electron chi connectivity index (χ1n) is 6.55. The van der Waals surface area contributed by atoms with Gasteiger partial charge < -0.3 is 10.1 Å². The molecule has 0 spiro atoms. The molecule has 0 unspecified atom stereocenters. The number of ether oxygens (including phenoxy) is 1. The van der Waals surface area contributed by atoms with Crippen LogP contribution in [-0.2, 0) is 17.9 Å². The molecule has 0 saturated heterocycles. The summed E-state index contributed by atoms with van der Waals surface area (Å²) in [6.07, 6.45) is 4.12. The maximum Gasteiger partial charge on any atom is 0.0713 e. The molecule has 0 bridgehead atoms. The lowest BCUT2D eigenvalue weighted by Crippen LogP contribution is -2.23. The van der Waals surface area contributed by atoms with Crippen LogP contribution in [0.2, 0.25) is 0 Å². The number of nitrogens with one attached hydrogen (secondary N) is 1. The highest BCUT2D eigenvalue weighted by Crippen LogP contribution is 2.47. The molecule has 0 atom stereocenters. The van der Waals surface area contributed by atoms with Crippen LogP contribution in [0.3, 0.4) is 0 Å². The minimum Gasteiger partial charge on any atom is -0.380 e. The molecule has 0 amide bonds. The van der Waals surface area contributed by atoms with Gasteiger partial charge in [-0.25, -0.2) is 0 Å². The van der Waals surface area contributed by atoms with Crippen LogP contribution >= 0.6 is 0 Å². The summed E-state index contributed by atoms with van der Waals surface area (Å²) in [4.78, 5) is 0. The Hall–Kier alpha value is -0.860. The fourth-order valence-electron chi connectivity index (χ4n) is 2.30. The highest BCUT2D eigenvalue weighted by molar-refractivity contribution is 5.22. The number of rotatable bonds is 7. The van der Waals surface area contributed by atoms with E-state index >= 15 is 0 Å². The topological polar surface area (TPSA) is 21.3 Å². The molecule has 1 saturated carbocycles. The molecular weight excluding hydrogens is 210 g/mol. The van der Waals surface area contributed by atoms with E-state index in [2.05, 4.69) is 36.5 Å². The van der Waals surface area contributed by atoms with Gasteiger partial charge in [0, 0.05) is 20.2 Å². The van der Waals surface area contributed by atoms with Crippen LogP contribution in [0.4, 0.5) is 0 Å². The smallest absolute Gasteiger partial charge is 0.0713 e. The van der Waals surface area contributed by atoms with Crippen LogP contribution < -0.4 is 5.32 Å². The molecule has 94 valence electrons. The highest BCUT2D eigenvalue weighted by atomic mass is 16.5. The molecule has 1 aliphatic carbocycles. The standard InChI is InChI=1S/C15H23NO/c1-3-15(7-8-15)12-16-10-13-5-4-6-14(9-13)11-17-2/h4-6,9,16H,3,7-8,10-12H2,1-2H3. The van der Waals surface area contributed by atoms with Crippen molar-refractivity contribution in [3.63, 3.8) is 0 Å². The van der Waals surface area contributed by atoms with Gasteiger partial charge in [0.2, 0.25) is 0 Å². The van der Waals surface area contributed by atoms with Crippen LogP contribution in [0.1, 0.15) is 37.3 Å². The lowest BCUT2D eigenvalue weighted by atomic mass is 10.0. The van der Waals surface area contributed by atoms with Gasteiger partial charge in [-0.15, -0.1) is 0 Å². The Balaban J connectivity index is 1.80. The summed E-state index contributed by atoms with van der Waals surface area (Å²) in [6, 6.07) is 8.62. The summed E-state index contributed by atoms with van der Waals surface area (Å²) in [6.45, 7) is 5.14. The van der Waals surface area contributed by atoms with E-state index in [4.69, 9.17) is 4.74 Å². The summed E-state index contributed by atoms with van der Waals surface area (Å²) < 4.78 is 5.15. The van der Waals surface area contributed by atoms with Gasteiger partial charge in [-0.1, -0.05) is 31.2 Å². The van der Waals surface area contributed by atoms with Crippen molar-refractivity contribution in [2.45, 2.75) is 39.3 Å². The molecule has 2 heteroatoms. The van der Waals surface area contributed by atoms with Crippen molar-refractivity contribution in [2.75, 3.05) is 13.7 Å². The molecule has 1 fully saturated rings. The third-order valence-electron chi connectivity index (χ3n) is 3.84. The van der Waals surface area contributed by atoms with Crippen molar-refractivity contribution in [2.24, 2.45) is 5.41 Å². The monoisotopic (exact) mass is 233 g/mol. The first-order chi connectivity index (χ1) is 8.28. The van der Waals surface area contributed by atoms with Crippen molar-refractivity contribution in [1.29, 1.82) is 0 Å². The second-order valence-corrected chi connectivity index (χ2v) is 5.21. The first kappa shape index (κ1) is 12.6. The summed E-state index contributed by atoms with van der Waals surface area (Å²) in [7, 11) is 1.74. The molecule has 1 aromatic rings. The maximum absolute atomic E-state index is 5.15. The van der Waals surface area contributed by atoms with Gasteiger partial charge in [0.25, 0.3) is 0 Å². The third kappa shape index (κ3) is 3.55. The minimum atomic E-state index is 0.629. The van der Waals surface area contributed by atoms with Crippen molar-refractivity contribution in [3.8, 4) is 0 Å². The van der Waals surface area contributed by atoms with Crippen LogP contribution in [0.5, 0.6) is 0 Å². The van der Waals surface area contributed by atoms with Gasteiger partial charge in [0.05, 0.1) is 6.61 Å². The highest BCUT2D eigenvalue weighted by Gasteiger charge is 2.39. The van der Waals surface area contributed by atoms with E-state index in [0.717, 1.165) is 13.1 Å². The fourth-order valence-corrected chi connectivity index (χ4v) is 2.30. The zero-order chi connectivity index (χ0) is 12.1. The summed E-state index contributed by atoms with van der Waals surface area (Å²) >= 11 is 0. The van der Waals surface area contributed by atoms with E-state index in [9.17, 15) is 0 Å². The summed E-state index contributed by atoms with van der Waals surface area (Å²) in [5, 5.41) is 3.58. The number of hydrogen-bond acceptors (Lipinski definition) is 2. The van der Waals surface area contributed by atoms with Crippen molar-refractivity contribution < 1.29 is 4.74 Å². The zero-order valence-electron chi connectivity index (χ0n) is 11.0. The summed E-state index contributed by atoms with van der Waals surface area (Å²) in [5.74, 6) is 0. The minimum absolute atomic E-state index is 0.629. The Labute approximate surface area is 104 Å². The molecule has 0 radical (unpaired) electrons. The SMILES string of the molecule is CCC1(CNCc2cccc(COC)c2)CC1. The Morgan fingerprint density at radius 3 is 2.71 bits per heavy atom. The molecule has 1 aliphatic rings. The molecule has 0 heterocycles. The molecule has 0 aliphatic heterocycles. The third-order valence-corrected chi connectivity index (χ3v) is 3.84. The Bertz CT molecular complexity index is 358. The average molecular weight is 233 g/mol. The van der Waals surface area contributed by atoms with Crippen molar-refractivity contribution in [3.05, 3.63) is 35.4 Å². The predicted molar refractivity (Wildman–Crippen MR) is 70.8 cm³/mol. The predicted octanol–water partition coefficient (Wildman–Crippen LogP) is 3.11. The van der Waals surface area contributed by atoms with Crippen LogP contribution in [0.15, 0.2) is 24.3 Å². The van der Waals surface area contributed by atoms with Gasteiger partial charge in [-0.05, 0) is 35.8 Å². The number of benzene rings is 1. The van der Waals surface area contributed by atoms with Crippen LogP contribution in [0, 0.1) is 5.41 Å². The Morgan fingerprint density at radius 1 is 1.29 bits per heavy atom. The van der Waals surface area contributed by atoms with Gasteiger partial charge in [0.1, 0.15) is 0 Å². The average Bonchev–Trinajstić information content (AvgIpc) is 3.11. The van der Waals surface area contributed by atoms with E-state index in [1.165, 1.54) is 30.4 Å². The second kappa shape index (κ2) is 5.65. The van der Waals surface area contributed by atoms with E-state index in [1.54, 1.807) is 7.11 Å². The van der Waals surface area contributed by atoms with Crippen LogP contribution in [-0.4, -0.2) is 13.7 Å². The quantitative estimate of drug-likeness (QED) is 0.781. The van der Waals surface area contributed by atoms with Gasteiger partial charge in [0.15, 0.2) is 0 Å². The van der Waals surface area contributed by atoms with Crippen molar-refractivity contribution in [1.82, 2.24) is 5.32 Å². The Kier molecular flexibility index (Phi) is 4.19. The Morgan fingerprint density at radius 2 is 2.06 bits per heavy atom. The molecule has 2 nitrogen and oxygen atoms in total. The molecule has 1 N–H and O–H groups in total. The van der Waals surface area contributed by atoms with E-state index in [0.29, 0.717) is 12.0 Å². The van der Waals surface area contributed by atoms with E-state index in [1.807, 2.05) is 0 Å². The van der Waals surface area contributed by atoms with Gasteiger partial charge >= 0.3 is 0 Å². The lowest BCUT2D eigenvalue weighted by Gasteiger charge is -2.13. The largest absolute Gasteiger partial charge is 0.380 e. The fraction of sp³-hybridized carbons (Fsp3) is 0.600. The normalized spacial score (nSPS) is 17.1. The zero-order valence-corrected chi connectivity index (χ0v) is 11.0. The van der Waals surface area contributed by atoms with E-state index < -0.39 is 0 Å². The van der Waals surface area contributed by atoms with Crippen LogP contribution in [0.25, 0.3) is 0 Å². The van der Waals surface area contributed by atoms with Gasteiger partial charge in [-0.2, -0.15) is 0 Å². The number of hydrogen-bond donors (Lipinski definition) is 1. The summed E-state index contributed by atoms with van der Waals surface area (Å²) in [5.41, 5.74) is 3.24.